The van der Waals surface area contributed by atoms with Gasteiger partial charge in [0.1, 0.15) is 5.75 Å². The first-order chi connectivity index (χ1) is 10.7. The van der Waals surface area contributed by atoms with Crippen LogP contribution >= 0.6 is 0 Å². The number of ether oxygens (including phenoxy) is 1. The van der Waals surface area contributed by atoms with Gasteiger partial charge >= 0.3 is 0 Å². The number of carbonyl (C=O) groups excluding carboxylic acids is 1. The molecule has 1 amide bonds. The zero-order chi connectivity index (χ0) is 15.4. The largest absolute Gasteiger partial charge is 0.507 e. The first kappa shape index (κ1) is 14.3. The lowest BCUT2D eigenvalue weighted by atomic mass is 10.1. The SMILES string of the molecule is O=C(Nc1ccncc1)c1ccc(N2CCOCC2)cc1O. The molecule has 2 aromatic rings. The number of anilines is 2. The third-order valence-electron chi connectivity index (χ3n) is 3.54. The Morgan fingerprint density at radius 2 is 1.91 bits per heavy atom. The highest BCUT2D eigenvalue weighted by molar-refractivity contribution is 6.06. The molecule has 0 aliphatic carbocycles. The molecule has 6 heteroatoms. The molecule has 2 N–H and O–H groups in total. The van der Waals surface area contributed by atoms with Gasteiger partial charge in [0.25, 0.3) is 5.91 Å². The molecule has 22 heavy (non-hydrogen) atoms. The van der Waals surface area contributed by atoms with Crippen LogP contribution in [0, 0.1) is 0 Å². The molecule has 114 valence electrons. The van der Waals surface area contributed by atoms with Gasteiger partial charge in [-0.25, -0.2) is 0 Å². The number of hydrogen-bond acceptors (Lipinski definition) is 5. The van der Waals surface area contributed by atoms with Crippen LogP contribution in [0.25, 0.3) is 0 Å². The lowest BCUT2D eigenvalue weighted by Gasteiger charge is -2.29. The zero-order valence-electron chi connectivity index (χ0n) is 12.0. The Balaban J connectivity index is 1.75. The minimum atomic E-state index is -0.350. The summed E-state index contributed by atoms with van der Waals surface area (Å²) < 4.78 is 5.31. The number of rotatable bonds is 3. The van der Waals surface area contributed by atoms with E-state index in [2.05, 4.69) is 15.2 Å². The molecule has 1 aliphatic rings. The van der Waals surface area contributed by atoms with Gasteiger partial charge in [-0.3, -0.25) is 9.78 Å². The van der Waals surface area contributed by atoms with Gasteiger partial charge in [-0.05, 0) is 24.3 Å². The molecule has 3 rings (SSSR count). The van der Waals surface area contributed by atoms with Crippen LogP contribution in [0.15, 0.2) is 42.7 Å². The minimum absolute atomic E-state index is 0.0319. The van der Waals surface area contributed by atoms with E-state index in [0.717, 1.165) is 18.8 Å². The number of aromatic hydroxyl groups is 1. The summed E-state index contributed by atoms with van der Waals surface area (Å²) in [5, 5.41) is 12.9. The van der Waals surface area contributed by atoms with Crippen molar-refractivity contribution < 1.29 is 14.6 Å². The monoisotopic (exact) mass is 299 g/mol. The average molecular weight is 299 g/mol. The van der Waals surface area contributed by atoms with Crippen molar-refractivity contribution in [1.29, 1.82) is 0 Å². The molecule has 1 fully saturated rings. The Hall–Kier alpha value is -2.60. The molecule has 0 atom stereocenters. The molecular formula is C16H17N3O3. The fourth-order valence-corrected chi connectivity index (χ4v) is 2.36. The third kappa shape index (κ3) is 3.17. The highest BCUT2D eigenvalue weighted by atomic mass is 16.5. The van der Waals surface area contributed by atoms with Crippen molar-refractivity contribution in [1.82, 2.24) is 4.98 Å². The van der Waals surface area contributed by atoms with E-state index in [4.69, 9.17) is 4.74 Å². The number of benzene rings is 1. The number of pyridine rings is 1. The van der Waals surface area contributed by atoms with Crippen molar-refractivity contribution in [3.8, 4) is 5.75 Å². The quantitative estimate of drug-likeness (QED) is 0.905. The second-order valence-electron chi connectivity index (χ2n) is 4.99. The van der Waals surface area contributed by atoms with Crippen LogP contribution in [0.1, 0.15) is 10.4 Å². The normalized spacial score (nSPS) is 14.6. The summed E-state index contributed by atoms with van der Waals surface area (Å²) in [7, 11) is 0. The molecule has 0 unspecified atom stereocenters. The van der Waals surface area contributed by atoms with Crippen molar-refractivity contribution in [3.05, 3.63) is 48.3 Å². The van der Waals surface area contributed by atoms with Gasteiger partial charge in [0.05, 0.1) is 18.8 Å². The predicted octanol–water partition coefficient (Wildman–Crippen LogP) is 1.88. The summed E-state index contributed by atoms with van der Waals surface area (Å²) in [5.74, 6) is -0.382. The Bertz CT molecular complexity index is 655. The standard InChI is InChI=1S/C16H17N3O3/c20-15-11-13(19-7-9-22-10-8-19)1-2-14(15)16(21)18-12-3-5-17-6-4-12/h1-6,11,20H,7-10H2,(H,17,18,21). The van der Waals surface area contributed by atoms with Crippen LogP contribution in [0.3, 0.4) is 0 Å². The number of aromatic nitrogens is 1. The van der Waals surface area contributed by atoms with Gasteiger partial charge in [-0.1, -0.05) is 0 Å². The van der Waals surface area contributed by atoms with E-state index in [1.807, 2.05) is 6.07 Å². The van der Waals surface area contributed by atoms with Gasteiger partial charge in [0.2, 0.25) is 0 Å². The van der Waals surface area contributed by atoms with Gasteiger partial charge in [0.15, 0.2) is 0 Å². The molecule has 1 saturated heterocycles. The van der Waals surface area contributed by atoms with Crippen molar-refractivity contribution in [2.24, 2.45) is 0 Å². The van der Waals surface area contributed by atoms with E-state index in [0.29, 0.717) is 18.9 Å². The number of amides is 1. The van der Waals surface area contributed by atoms with E-state index in [9.17, 15) is 9.90 Å². The average Bonchev–Trinajstić information content (AvgIpc) is 2.56. The summed E-state index contributed by atoms with van der Waals surface area (Å²) in [6.07, 6.45) is 3.19. The molecule has 2 heterocycles. The second kappa shape index (κ2) is 6.44. The number of carbonyl (C=O) groups is 1. The molecule has 0 spiro atoms. The van der Waals surface area contributed by atoms with Crippen molar-refractivity contribution in [3.63, 3.8) is 0 Å². The van der Waals surface area contributed by atoms with Crippen LogP contribution in [0.4, 0.5) is 11.4 Å². The highest BCUT2D eigenvalue weighted by Crippen LogP contribution is 2.26. The topological polar surface area (TPSA) is 74.7 Å². The van der Waals surface area contributed by atoms with Crippen LogP contribution in [0.2, 0.25) is 0 Å². The Morgan fingerprint density at radius 1 is 1.18 bits per heavy atom. The number of nitrogens with zero attached hydrogens (tertiary/aromatic N) is 2. The molecule has 1 aromatic heterocycles. The maximum atomic E-state index is 12.2. The molecule has 0 radical (unpaired) electrons. The molecule has 0 saturated carbocycles. The maximum absolute atomic E-state index is 12.2. The van der Waals surface area contributed by atoms with E-state index in [-0.39, 0.29) is 17.2 Å². The first-order valence-electron chi connectivity index (χ1n) is 7.11. The Labute approximate surface area is 128 Å². The summed E-state index contributed by atoms with van der Waals surface area (Å²) in [4.78, 5) is 18.2. The van der Waals surface area contributed by atoms with Gasteiger partial charge in [0, 0.05) is 42.9 Å². The Kier molecular flexibility index (Phi) is 4.20. The minimum Gasteiger partial charge on any atom is -0.507 e. The van der Waals surface area contributed by atoms with Crippen molar-refractivity contribution >= 4 is 17.3 Å². The summed E-state index contributed by atoms with van der Waals surface area (Å²) >= 11 is 0. The van der Waals surface area contributed by atoms with Crippen molar-refractivity contribution in [2.45, 2.75) is 0 Å². The molecule has 6 nitrogen and oxygen atoms in total. The first-order valence-corrected chi connectivity index (χ1v) is 7.11. The molecular weight excluding hydrogens is 282 g/mol. The lowest BCUT2D eigenvalue weighted by Crippen LogP contribution is -2.36. The zero-order valence-corrected chi connectivity index (χ0v) is 12.0. The number of nitrogens with one attached hydrogen (secondary N) is 1. The fourth-order valence-electron chi connectivity index (χ4n) is 2.36. The predicted molar refractivity (Wildman–Crippen MR) is 83.3 cm³/mol. The van der Waals surface area contributed by atoms with E-state index < -0.39 is 0 Å². The smallest absolute Gasteiger partial charge is 0.259 e. The van der Waals surface area contributed by atoms with Crippen LogP contribution in [-0.2, 0) is 4.74 Å². The van der Waals surface area contributed by atoms with Gasteiger partial charge in [-0.2, -0.15) is 0 Å². The van der Waals surface area contributed by atoms with Crippen LogP contribution < -0.4 is 10.2 Å². The molecule has 0 bridgehead atoms. The van der Waals surface area contributed by atoms with Gasteiger partial charge < -0.3 is 20.1 Å². The summed E-state index contributed by atoms with van der Waals surface area (Å²) in [6, 6.07) is 8.48. The number of hydrogen-bond donors (Lipinski definition) is 2. The van der Waals surface area contributed by atoms with Crippen LogP contribution in [0.5, 0.6) is 5.75 Å². The van der Waals surface area contributed by atoms with E-state index in [1.54, 1.807) is 36.7 Å². The van der Waals surface area contributed by atoms with E-state index >= 15 is 0 Å². The number of phenolic OH excluding ortho intramolecular Hbond substituents is 1. The van der Waals surface area contributed by atoms with E-state index in [1.165, 1.54) is 0 Å². The number of phenols is 1. The molecule has 1 aromatic carbocycles. The molecule has 1 aliphatic heterocycles. The van der Waals surface area contributed by atoms with Crippen molar-refractivity contribution in [2.75, 3.05) is 36.5 Å². The van der Waals surface area contributed by atoms with Gasteiger partial charge in [-0.15, -0.1) is 0 Å². The summed E-state index contributed by atoms with van der Waals surface area (Å²) in [6.45, 7) is 2.90. The number of morpholine rings is 1. The highest BCUT2D eigenvalue weighted by Gasteiger charge is 2.16. The van der Waals surface area contributed by atoms with Crippen LogP contribution in [-0.4, -0.2) is 42.3 Å². The third-order valence-corrected chi connectivity index (χ3v) is 3.54. The second-order valence-corrected chi connectivity index (χ2v) is 4.99. The Morgan fingerprint density at radius 3 is 2.59 bits per heavy atom. The summed E-state index contributed by atoms with van der Waals surface area (Å²) in [5.41, 5.74) is 1.77. The maximum Gasteiger partial charge on any atom is 0.259 e. The lowest BCUT2D eigenvalue weighted by molar-refractivity contribution is 0.102. The fraction of sp³-hybridized carbons (Fsp3) is 0.250.